The van der Waals surface area contributed by atoms with Gasteiger partial charge in [0.1, 0.15) is 0 Å². The maximum Gasteiger partial charge on any atom is 0.0730 e. The van der Waals surface area contributed by atoms with Crippen molar-refractivity contribution < 1.29 is 0 Å². The van der Waals surface area contributed by atoms with Gasteiger partial charge < -0.3 is 10.6 Å². The summed E-state index contributed by atoms with van der Waals surface area (Å²) in [7, 11) is 0. The number of rotatable bonds is 7. The van der Waals surface area contributed by atoms with Crippen molar-refractivity contribution in [2.24, 2.45) is 5.11 Å². The van der Waals surface area contributed by atoms with Crippen LogP contribution in [0.4, 0.5) is 5.69 Å². The van der Waals surface area contributed by atoms with Crippen LogP contribution in [0.1, 0.15) is 0 Å². The zero-order valence-corrected chi connectivity index (χ0v) is 12.7. The molecule has 1 heterocycles. The highest BCUT2D eigenvalue weighted by Gasteiger charge is 2.07. The van der Waals surface area contributed by atoms with Gasteiger partial charge in [0.2, 0.25) is 0 Å². The van der Waals surface area contributed by atoms with Gasteiger partial charge in [-0.05, 0) is 17.7 Å². The molecule has 1 aromatic heterocycles. The highest BCUT2D eigenvalue weighted by Crippen LogP contribution is 2.30. The number of fused-ring (bicyclic) bond motifs is 2. The van der Waals surface area contributed by atoms with E-state index in [-0.39, 0.29) is 0 Å². The molecule has 6 nitrogen and oxygen atoms in total. The Kier molecular flexibility index (Phi) is 4.88. The van der Waals surface area contributed by atoms with Gasteiger partial charge in [0.05, 0.1) is 16.7 Å². The molecule has 2 aromatic carbocycles. The molecule has 0 aliphatic carbocycles. The minimum absolute atomic E-state index is 0.470. The van der Waals surface area contributed by atoms with Gasteiger partial charge in [-0.3, -0.25) is 0 Å². The Bertz CT molecular complexity index is 800. The third-order valence-corrected chi connectivity index (χ3v) is 3.64. The summed E-state index contributed by atoms with van der Waals surface area (Å²) in [5, 5.41) is 12.5. The summed E-state index contributed by atoms with van der Waals surface area (Å²) in [4.78, 5) is 7.45. The van der Waals surface area contributed by atoms with Crippen molar-refractivity contribution in [2.45, 2.75) is 0 Å². The Morgan fingerprint density at radius 2 is 1.57 bits per heavy atom. The Hall–Kier alpha value is -2.82. The van der Waals surface area contributed by atoms with Crippen molar-refractivity contribution >= 4 is 27.5 Å². The number of nitrogens with zero attached hydrogens (tertiary/aromatic N) is 4. The third-order valence-electron chi connectivity index (χ3n) is 3.64. The highest BCUT2D eigenvalue weighted by molar-refractivity contribution is 6.07. The summed E-state index contributed by atoms with van der Waals surface area (Å²) in [5.74, 6) is 0. The van der Waals surface area contributed by atoms with E-state index >= 15 is 0 Å². The number of anilines is 1. The lowest BCUT2D eigenvalue weighted by Gasteiger charge is -2.13. The van der Waals surface area contributed by atoms with Crippen LogP contribution in [0.25, 0.3) is 32.2 Å². The van der Waals surface area contributed by atoms with Gasteiger partial charge in [0, 0.05) is 41.9 Å². The summed E-state index contributed by atoms with van der Waals surface area (Å²) in [5.41, 5.74) is 11.3. The van der Waals surface area contributed by atoms with Crippen LogP contribution in [0.15, 0.2) is 53.6 Å². The summed E-state index contributed by atoms with van der Waals surface area (Å²) in [6.45, 7) is 2.74. The number of hydrogen-bond acceptors (Lipinski definition) is 4. The third kappa shape index (κ3) is 3.51. The molecule has 23 heavy (non-hydrogen) atoms. The molecule has 3 aromatic rings. The molecule has 0 bridgehead atoms. The van der Waals surface area contributed by atoms with Gasteiger partial charge in [-0.2, -0.15) is 0 Å². The molecule has 0 atom stereocenters. The molecule has 2 N–H and O–H groups in total. The Balaban J connectivity index is 1.78. The van der Waals surface area contributed by atoms with Crippen molar-refractivity contribution in [1.29, 1.82) is 0 Å². The van der Waals surface area contributed by atoms with Crippen molar-refractivity contribution in [3.63, 3.8) is 0 Å². The largest absolute Gasteiger partial charge is 0.383 e. The summed E-state index contributed by atoms with van der Waals surface area (Å²) >= 11 is 0. The summed E-state index contributed by atoms with van der Waals surface area (Å²) < 4.78 is 0. The van der Waals surface area contributed by atoms with Crippen LogP contribution in [0.5, 0.6) is 0 Å². The minimum atomic E-state index is 0.470. The van der Waals surface area contributed by atoms with Crippen LogP contribution in [0, 0.1) is 0 Å². The van der Waals surface area contributed by atoms with Gasteiger partial charge in [-0.25, -0.2) is 4.98 Å². The van der Waals surface area contributed by atoms with Crippen LogP contribution in [0.2, 0.25) is 0 Å². The number of benzene rings is 2. The number of hydrogen-bond donors (Lipinski definition) is 2. The van der Waals surface area contributed by atoms with E-state index in [0.717, 1.165) is 40.6 Å². The summed E-state index contributed by atoms with van der Waals surface area (Å²) in [6.07, 6.45) is 0. The monoisotopic (exact) mass is 306 g/mol. The first-order valence-corrected chi connectivity index (χ1v) is 7.63. The zero-order valence-electron chi connectivity index (χ0n) is 12.7. The predicted molar refractivity (Wildman–Crippen MR) is 94.6 cm³/mol. The molecular weight excluding hydrogens is 288 g/mol. The molecule has 0 aliphatic rings. The Morgan fingerprint density at radius 1 is 0.913 bits per heavy atom. The summed E-state index contributed by atoms with van der Waals surface area (Å²) in [6, 6.07) is 16.3. The number of pyridine rings is 1. The van der Waals surface area contributed by atoms with E-state index in [1.807, 2.05) is 36.4 Å². The van der Waals surface area contributed by atoms with Crippen LogP contribution in [0.3, 0.4) is 0 Å². The van der Waals surface area contributed by atoms with E-state index in [9.17, 15) is 0 Å². The average Bonchev–Trinajstić information content (AvgIpc) is 2.60. The van der Waals surface area contributed by atoms with Crippen LogP contribution in [-0.2, 0) is 0 Å². The molecule has 3 rings (SSSR count). The average molecular weight is 306 g/mol. The molecule has 0 saturated heterocycles. The zero-order chi connectivity index (χ0) is 15.9. The van der Waals surface area contributed by atoms with Crippen LogP contribution < -0.4 is 10.6 Å². The fourth-order valence-corrected chi connectivity index (χ4v) is 2.61. The highest BCUT2D eigenvalue weighted by atomic mass is 15.1. The Labute approximate surface area is 134 Å². The maximum absolute atomic E-state index is 8.23. The molecule has 6 heteroatoms. The second-order valence-electron chi connectivity index (χ2n) is 5.15. The standard InChI is InChI=1S/C17H18N6/c18-23-21-12-10-19-9-11-20-17-13-5-1-3-7-15(13)22-16-8-4-2-6-14(16)17/h1-8,19H,9-12H2,(H,20,22). The van der Waals surface area contributed by atoms with E-state index < -0.39 is 0 Å². The minimum Gasteiger partial charge on any atom is -0.383 e. The van der Waals surface area contributed by atoms with Crippen molar-refractivity contribution in [3.05, 3.63) is 59.0 Å². The van der Waals surface area contributed by atoms with Crippen LogP contribution >= 0.6 is 0 Å². The predicted octanol–water partition coefficient (Wildman–Crippen LogP) is 3.70. The topological polar surface area (TPSA) is 85.7 Å². The fraction of sp³-hybridized carbons (Fsp3) is 0.235. The SMILES string of the molecule is [N-]=[N+]=NCCNCCNc1c2ccccc2nc2ccccc12. The first-order chi connectivity index (χ1) is 11.4. The number of nitrogens with one attached hydrogen (secondary N) is 2. The lowest BCUT2D eigenvalue weighted by Crippen LogP contribution is -2.24. The Morgan fingerprint density at radius 3 is 2.22 bits per heavy atom. The maximum atomic E-state index is 8.23. The van der Waals surface area contributed by atoms with Gasteiger partial charge in [-0.15, -0.1) is 0 Å². The fourth-order valence-electron chi connectivity index (χ4n) is 2.61. The molecule has 116 valence electrons. The quantitative estimate of drug-likeness (QED) is 0.229. The van der Waals surface area contributed by atoms with Gasteiger partial charge in [0.15, 0.2) is 0 Å². The smallest absolute Gasteiger partial charge is 0.0730 e. The van der Waals surface area contributed by atoms with Gasteiger partial charge >= 0.3 is 0 Å². The molecule has 0 aliphatic heterocycles. The molecule has 0 spiro atoms. The van der Waals surface area contributed by atoms with Gasteiger partial charge in [-0.1, -0.05) is 41.5 Å². The first-order valence-electron chi connectivity index (χ1n) is 7.63. The van der Waals surface area contributed by atoms with Gasteiger partial charge in [0.25, 0.3) is 0 Å². The normalized spacial score (nSPS) is 10.6. The van der Waals surface area contributed by atoms with E-state index in [4.69, 9.17) is 10.5 Å². The number of aromatic nitrogens is 1. The van der Waals surface area contributed by atoms with E-state index in [1.165, 1.54) is 0 Å². The molecule has 0 amide bonds. The van der Waals surface area contributed by atoms with Crippen molar-refractivity contribution in [1.82, 2.24) is 10.3 Å². The van der Waals surface area contributed by atoms with Crippen molar-refractivity contribution in [3.8, 4) is 0 Å². The second kappa shape index (κ2) is 7.45. The molecule has 0 fully saturated rings. The second-order valence-corrected chi connectivity index (χ2v) is 5.15. The molecule has 0 saturated carbocycles. The molecular formula is C17H18N6. The van der Waals surface area contributed by atoms with E-state index in [2.05, 4.69) is 32.8 Å². The van der Waals surface area contributed by atoms with E-state index in [1.54, 1.807) is 0 Å². The van der Waals surface area contributed by atoms with Crippen LogP contribution in [-0.4, -0.2) is 31.2 Å². The van der Waals surface area contributed by atoms with E-state index in [0.29, 0.717) is 13.1 Å². The lowest BCUT2D eigenvalue weighted by molar-refractivity contribution is 0.706. The number of azide groups is 1. The molecule has 0 radical (unpaired) electrons. The molecule has 0 unspecified atom stereocenters. The number of para-hydroxylation sites is 2. The van der Waals surface area contributed by atoms with Crippen molar-refractivity contribution in [2.75, 3.05) is 31.5 Å². The lowest BCUT2D eigenvalue weighted by atomic mass is 10.1. The first kappa shape index (κ1) is 15.1.